The number of ether oxygens (including phenoxy) is 3. The summed E-state index contributed by atoms with van der Waals surface area (Å²) in [5.74, 6) is -0.220. The van der Waals surface area contributed by atoms with Crippen LogP contribution in [0.5, 0.6) is 5.75 Å². The van der Waals surface area contributed by atoms with Gasteiger partial charge in [0, 0.05) is 26.7 Å². The number of carbonyl (C=O) groups excluding carboxylic acids is 3. The van der Waals surface area contributed by atoms with Crippen molar-refractivity contribution < 1.29 is 28.6 Å². The number of benzene rings is 1. The number of hydrogen-bond donors (Lipinski definition) is 0. The van der Waals surface area contributed by atoms with Gasteiger partial charge in [-0.15, -0.1) is 0 Å². The third-order valence-electron chi connectivity index (χ3n) is 3.65. The molecule has 8 heteroatoms. The second-order valence-electron chi connectivity index (χ2n) is 7.42. The molecule has 28 heavy (non-hydrogen) atoms. The fraction of sp³-hybridized carbons (Fsp3) is 0.550. The van der Waals surface area contributed by atoms with Crippen molar-refractivity contribution >= 4 is 18.2 Å². The zero-order chi connectivity index (χ0) is 21.5. The number of amides is 2. The molecule has 1 rings (SSSR count). The van der Waals surface area contributed by atoms with Gasteiger partial charge in [0.2, 0.25) is 0 Å². The van der Waals surface area contributed by atoms with Crippen molar-refractivity contribution in [2.24, 2.45) is 0 Å². The Kier molecular flexibility index (Phi) is 8.28. The molecule has 2 amide bonds. The van der Waals surface area contributed by atoms with Crippen molar-refractivity contribution in [3.05, 3.63) is 29.8 Å². The lowest BCUT2D eigenvalue weighted by molar-refractivity contribution is -0.144. The lowest BCUT2D eigenvalue weighted by Gasteiger charge is -2.31. The molecule has 1 atom stereocenters. The predicted molar refractivity (Wildman–Crippen MR) is 104 cm³/mol. The van der Waals surface area contributed by atoms with E-state index in [-0.39, 0.29) is 18.8 Å². The van der Waals surface area contributed by atoms with E-state index in [9.17, 15) is 14.4 Å². The third-order valence-corrected chi connectivity index (χ3v) is 3.65. The van der Waals surface area contributed by atoms with Gasteiger partial charge in [0.15, 0.2) is 0 Å². The number of esters is 1. The van der Waals surface area contributed by atoms with Crippen molar-refractivity contribution in [3.8, 4) is 5.75 Å². The van der Waals surface area contributed by atoms with E-state index in [4.69, 9.17) is 14.2 Å². The fourth-order valence-corrected chi connectivity index (χ4v) is 2.33. The largest absolute Gasteiger partial charge is 0.466 e. The Hall–Kier alpha value is -2.77. The lowest BCUT2D eigenvalue weighted by Crippen LogP contribution is -2.38. The van der Waals surface area contributed by atoms with Crippen LogP contribution in [0.15, 0.2) is 24.3 Å². The first kappa shape index (κ1) is 23.3. The molecule has 0 aromatic heterocycles. The molecule has 0 aliphatic rings. The van der Waals surface area contributed by atoms with Crippen LogP contribution in [-0.2, 0) is 14.3 Å². The summed E-state index contributed by atoms with van der Waals surface area (Å²) >= 11 is 0. The molecular formula is C20H30N2O6. The van der Waals surface area contributed by atoms with Crippen molar-refractivity contribution in [1.29, 1.82) is 0 Å². The second kappa shape index (κ2) is 9.96. The van der Waals surface area contributed by atoms with Gasteiger partial charge in [0.25, 0.3) is 0 Å². The molecule has 0 saturated heterocycles. The molecular weight excluding hydrogens is 364 g/mol. The predicted octanol–water partition coefficient (Wildman–Crippen LogP) is 3.61. The molecule has 1 unspecified atom stereocenters. The van der Waals surface area contributed by atoms with Crippen LogP contribution < -0.4 is 4.74 Å². The van der Waals surface area contributed by atoms with Crippen LogP contribution in [-0.4, -0.2) is 61.3 Å². The topological polar surface area (TPSA) is 85.4 Å². The summed E-state index contributed by atoms with van der Waals surface area (Å²) in [6.45, 7) is 7.19. The van der Waals surface area contributed by atoms with E-state index in [0.29, 0.717) is 5.56 Å². The maximum absolute atomic E-state index is 12.6. The highest BCUT2D eigenvalue weighted by Gasteiger charge is 2.31. The molecule has 0 spiro atoms. The summed E-state index contributed by atoms with van der Waals surface area (Å²) < 4.78 is 15.9. The first-order valence-electron chi connectivity index (χ1n) is 9.05. The highest BCUT2D eigenvalue weighted by atomic mass is 16.6. The summed E-state index contributed by atoms with van der Waals surface area (Å²) in [4.78, 5) is 39.4. The second-order valence-corrected chi connectivity index (χ2v) is 7.42. The first-order valence-corrected chi connectivity index (χ1v) is 9.05. The number of para-hydroxylation sites is 1. The highest BCUT2D eigenvalue weighted by molar-refractivity contribution is 5.75. The molecule has 0 aliphatic heterocycles. The minimum absolute atomic E-state index is 0.111. The van der Waals surface area contributed by atoms with Crippen LogP contribution in [0, 0.1) is 0 Å². The smallest absolute Gasteiger partial charge is 0.414 e. The molecule has 0 fully saturated rings. The SMILES string of the molecule is CCOC(=O)CC(c1ccccc1OC(=O)N(C)C)N(C)C(=O)OC(C)(C)C. The van der Waals surface area contributed by atoms with E-state index in [1.165, 1.54) is 16.8 Å². The summed E-state index contributed by atoms with van der Waals surface area (Å²) in [6.07, 6.45) is -1.28. The van der Waals surface area contributed by atoms with E-state index in [2.05, 4.69) is 0 Å². The quantitative estimate of drug-likeness (QED) is 0.685. The average Bonchev–Trinajstić information content (AvgIpc) is 2.58. The monoisotopic (exact) mass is 394 g/mol. The normalized spacial score (nSPS) is 12.0. The Morgan fingerprint density at radius 1 is 1.04 bits per heavy atom. The van der Waals surface area contributed by atoms with Crippen molar-refractivity contribution in [2.45, 2.75) is 45.8 Å². The lowest BCUT2D eigenvalue weighted by atomic mass is 10.0. The molecule has 0 radical (unpaired) electrons. The summed E-state index contributed by atoms with van der Waals surface area (Å²) in [5.41, 5.74) is -0.199. The Morgan fingerprint density at radius 2 is 1.64 bits per heavy atom. The van der Waals surface area contributed by atoms with Gasteiger partial charge in [-0.3, -0.25) is 4.79 Å². The molecule has 1 aromatic rings. The number of carbonyl (C=O) groups is 3. The Balaban J connectivity index is 3.27. The number of hydrogen-bond acceptors (Lipinski definition) is 6. The third kappa shape index (κ3) is 7.09. The summed E-state index contributed by atoms with van der Waals surface area (Å²) in [6, 6.07) is 6.01. The van der Waals surface area contributed by atoms with Gasteiger partial charge in [-0.05, 0) is 33.8 Å². The van der Waals surface area contributed by atoms with Gasteiger partial charge in [-0.1, -0.05) is 18.2 Å². The summed E-state index contributed by atoms with van der Waals surface area (Å²) in [7, 11) is 4.66. The zero-order valence-electron chi connectivity index (χ0n) is 17.6. The van der Waals surface area contributed by atoms with Crippen LogP contribution in [0.2, 0.25) is 0 Å². The van der Waals surface area contributed by atoms with Crippen LogP contribution in [0.3, 0.4) is 0 Å². The minimum atomic E-state index is -0.736. The van der Waals surface area contributed by atoms with Crippen LogP contribution >= 0.6 is 0 Å². The molecule has 0 saturated carbocycles. The average molecular weight is 394 g/mol. The Morgan fingerprint density at radius 3 is 2.18 bits per heavy atom. The van der Waals surface area contributed by atoms with E-state index >= 15 is 0 Å². The van der Waals surface area contributed by atoms with Crippen molar-refractivity contribution in [3.63, 3.8) is 0 Å². The number of nitrogens with zero attached hydrogens (tertiary/aromatic N) is 2. The Labute approximate surface area is 166 Å². The van der Waals surface area contributed by atoms with Crippen LogP contribution in [0.1, 0.15) is 45.7 Å². The van der Waals surface area contributed by atoms with Gasteiger partial charge in [-0.25, -0.2) is 9.59 Å². The standard InChI is InChI=1S/C20H30N2O6/c1-8-26-17(23)13-15(22(7)19(25)28-20(2,3)4)14-11-9-10-12-16(14)27-18(24)21(5)6/h9-12,15H,8,13H2,1-7H3. The molecule has 156 valence electrons. The fourth-order valence-electron chi connectivity index (χ4n) is 2.33. The van der Waals surface area contributed by atoms with Gasteiger partial charge < -0.3 is 24.0 Å². The maximum atomic E-state index is 12.6. The Bertz CT molecular complexity index is 696. The van der Waals surface area contributed by atoms with Crippen LogP contribution in [0.4, 0.5) is 9.59 Å². The molecule has 0 aliphatic carbocycles. The van der Waals surface area contributed by atoms with E-state index < -0.39 is 29.8 Å². The van der Waals surface area contributed by atoms with E-state index in [1.807, 2.05) is 0 Å². The van der Waals surface area contributed by atoms with Crippen molar-refractivity contribution in [2.75, 3.05) is 27.7 Å². The van der Waals surface area contributed by atoms with E-state index in [0.717, 1.165) is 0 Å². The molecule has 8 nitrogen and oxygen atoms in total. The highest BCUT2D eigenvalue weighted by Crippen LogP contribution is 2.32. The van der Waals surface area contributed by atoms with Gasteiger partial charge >= 0.3 is 18.2 Å². The van der Waals surface area contributed by atoms with Gasteiger partial charge in [-0.2, -0.15) is 0 Å². The van der Waals surface area contributed by atoms with Crippen LogP contribution in [0.25, 0.3) is 0 Å². The van der Waals surface area contributed by atoms with E-state index in [1.54, 1.807) is 66.1 Å². The van der Waals surface area contributed by atoms with Crippen molar-refractivity contribution in [1.82, 2.24) is 9.80 Å². The molecule has 0 bridgehead atoms. The molecule has 0 heterocycles. The molecule has 0 N–H and O–H groups in total. The van der Waals surface area contributed by atoms with Gasteiger partial charge in [0.05, 0.1) is 19.1 Å². The summed E-state index contributed by atoms with van der Waals surface area (Å²) in [5, 5.41) is 0. The first-order chi connectivity index (χ1) is 13.0. The maximum Gasteiger partial charge on any atom is 0.414 e. The zero-order valence-corrected chi connectivity index (χ0v) is 17.6. The number of rotatable bonds is 6. The van der Waals surface area contributed by atoms with Gasteiger partial charge in [0.1, 0.15) is 11.4 Å². The molecule has 1 aromatic carbocycles. The minimum Gasteiger partial charge on any atom is -0.466 e.